The molecule has 0 aliphatic rings. The van der Waals surface area contributed by atoms with Gasteiger partial charge in [0.2, 0.25) is 0 Å². The monoisotopic (exact) mass is 257 g/mol. The van der Waals surface area contributed by atoms with E-state index >= 15 is 0 Å². The minimum atomic E-state index is -0.367. The van der Waals surface area contributed by atoms with E-state index in [0.29, 0.717) is 10.6 Å². The van der Waals surface area contributed by atoms with Gasteiger partial charge < -0.3 is 9.30 Å². The number of carbonyl (C=O) groups is 1. The molecule has 0 fully saturated rings. The van der Waals surface area contributed by atoms with Crippen LogP contribution in [0.4, 0.5) is 0 Å². The highest BCUT2D eigenvalue weighted by Crippen LogP contribution is 2.35. The summed E-state index contributed by atoms with van der Waals surface area (Å²) in [4.78, 5) is 11.7. The van der Waals surface area contributed by atoms with E-state index in [-0.39, 0.29) is 17.9 Å². The van der Waals surface area contributed by atoms with E-state index < -0.39 is 0 Å². The van der Waals surface area contributed by atoms with Crippen molar-refractivity contribution in [3.63, 3.8) is 0 Å². The van der Waals surface area contributed by atoms with Crippen molar-refractivity contribution in [2.75, 3.05) is 7.11 Å². The van der Waals surface area contributed by atoms with Crippen molar-refractivity contribution in [3.8, 4) is 0 Å². The van der Waals surface area contributed by atoms with Crippen molar-refractivity contribution in [2.45, 2.75) is 46.6 Å². The molecular weight excluding hydrogens is 238 g/mol. The first-order valence-electron chi connectivity index (χ1n) is 5.81. The van der Waals surface area contributed by atoms with Crippen LogP contribution in [0.3, 0.4) is 0 Å². The summed E-state index contributed by atoms with van der Waals surface area (Å²) >= 11 is 6.33. The lowest BCUT2D eigenvalue weighted by molar-refractivity contribution is 0.0600. The predicted molar refractivity (Wildman–Crippen MR) is 70.0 cm³/mol. The molecule has 0 saturated carbocycles. The maximum atomic E-state index is 11.7. The van der Waals surface area contributed by atoms with Gasteiger partial charge in [-0.25, -0.2) is 4.79 Å². The Hall–Kier alpha value is -0.960. The summed E-state index contributed by atoms with van der Waals surface area (Å²) in [5.41, 5.74) is 2.37. The van der Waals surface area contributed by atoms with Crippen LogP contribution >= 0.6 is 11.6 Å². The van der Waals surface area contributed by atoms with E-state index in [0.717, 1.165) is 11.4 Å². The van der Waals surface area contributed by atoms with E-state index in [1.165, 1.54) is 7.11 Å². The minimum absolute atomic E-state index is 0.266. The first kappa shape index (κ1) is 14.1. The molecule has 96 valence electrons. The zero-order valence-electron chi connectivity index (χ0n) is 11.3. The van der Waals surface area contributed by atoms with Crippen molar-refractivity contribution in [3.05, 3.63) is 22.0 Å². The average molecular weight is 258 g/mol. The lowest BCUT2D eigenvalue weighted by Crippen LogP contribution is -2.09. The van der Waals surface area contributed by atoms with Crippen LogP contribution in [-0.4, -0.2) is 17.6 Å². The van der Waals surface area contributed by atoms with Gasteiger partial charge in [-0.1, -0.05) is 25.4 Å². The highest BCUT2D eigenvalue weighted by atomic mass is 35.5. The molecular formula is C13H20ClNO2. The minimum Gasteiger partial charge on any atom is -0.465 e. The smallest absolute Gasteiger partial charge is 0.341 e. The third-order valence-electron chi connectivity index (χ3n) is 2.88. The molecule has 0 atom stereocenters. The number of esters is 1. The Kier molecular flexibility index (Phi) is 4.26. The number of carbonyl (C=O) groups excluding carboxylic acids is 1. The second-order valence-electron chi connectivity index (χ2n) is 4.77. The van der Waals surface area contributed by atoms with Gasteiger partial charge in [-0.3, -0.25) is 0 Å². The molecule has 1 aromatic rings. The van der Waals surface area contributed by atoms with E-state index in [2.05, 4.69) is 32.3 Å². The summed E-state index contributed by atoms with van der Waals surface area (Å²) in [7, 11) is 1.37. The molecule has 0 spiro atoms. The van der Waals surface area contributed by atoms with E-state index in [9.17, 15) is 4.79 Å². The second-order valence-corrected chi connectivity index (χ2v) is 5.15. The number of hydrogen-bond donors (Lipinski definition) is 0. The SMILES string of the molecule is COC(=O)c1c(Cl)c(C(C)C)n(C(C)C)c1C. The number of halogens is 1. The maximum Gasteiger partial charge on any atom is 0.341 e. The van der Waals surface area contributed by atoms with Crippen LogP contribution in [0.2, 0.25) is 5.02 Å². The summed E-state index contributed by atoms with van der Waals surface area (Å²) in [6, 6.07) is 0.267. The Morgan fingerprint density at radius 2 is 1.82 bits per heavy atom. The second kappa shape index (κ2) is 5.13. The Morgan fingerprint density at radius 1 is 1.29 bits per heavy atom. The fourth-order valence-corrected chi connectivity index (χ4v) is 2.75. The molecule has 1 heterocycles. The van der Waals surface area contributed by atoms with Crippen LogP contribution < -0.4 is 0 Å². The number of ether oxygens (including phenoxy) is 1. The number of hydrogen-bond acceptors (Lipinski definition) is 2. The Balaban J connectivity index is 3.55. The van der Waals surface area contributed by atoms with Crippen molar-refractivity contribution in [1.82, 2.24) is 4.57 Å². The number of aromatic nitrogens is 1. The lowest BCUT2D eigenvalue weighted by atomic mass is 10.1. The molecule has 0 aromatic carbocycles. The first-order valence-corrected chi connectivity index (χ1v) is 6.19. The van der Waals surface area contributed by atoms with Gasteiger partial charge in [-0.15, -0.1) is 0 Å². The summed E-state index contributed by atoms with van der Waals surface area (Å²) in [5.74, 6) is -0.101. The van der Waals surface area contributed by atoms with Crippen molar-refractivity contribution in [1.29, 1.82) is 0 Å². The predicted octanol–water partition coefficient (Wildman–Crippen LogP) is 3.94. The molecule has 0 amide bonds. The fraction of sp³-hybridized carbons (Fsp3) is 0.615. The van der Waals surface area contributed by atoms with Gasteiger partial charge in [0.15, 0.2) is 0 Å². The molecule has 0 aliphatic heterocycles. The van der Waals surface area contributed by atoms with Crippen LogP contribution in [0.5, 0.6) is 0 Å². The molecule has 0 N–H and O–H groups in total. The third kappa shape index (κ3) is 2.34. The van der Waals surface area contributed by atoms with Gasteiger partial charge in [0.25, 0.3) is 0 Å². The standard InChI is InChI=1S/C13H20ClNO2/c1-7(2)12-11(14)10(13(16)17-6)9(5)15(12)8(3)4/h7-8H,1-6H3. The Bertz CT molecular complexity index is 402. The molecule has 3 nitrogen and oxygen atoms in total. The molecule has 0 radical (unpaired) electrons. The molecule has 0 bridgehead atoms. The van der Waals surface area contributed by atoms with Gasteiger partial charge in [0, 0.05) is 17.4 Å². The van der Waals surface area contributed by atoms with Crippen LogP contribution in [0.25, 0.3) is 0 Å². The average Bonchev–Trinajstić information content (AvgIpc) is 2.49. The topological polar surface area (TPSA) is 31.2 Å². The van der Waals surface area contributed by atoms with Gasteiger partial charge in [0.1, 0.15) is 0 Å². The van der Waals surface area contributed by atoms with Gasteiger partial charge in [-0.05, 0) is 26.7 Å². The number of nitrogens with zero attached hydrogens (tertiary/aromatic N) is 1. The quantitative estimate of drug-likeness (QED) is 0.768. The van der Waals surface area contributed by atoms with E-state index in [1.807, 2.05) is 6.92 Å². The highest BCUT2D eigenvalue weighted by Gasteiger charge is 2.26. The zero-order chi connectivity index (χ0) is 13.3. The van der Waals surface area contributed by atoms with Crippen molar-refractivity contribution in [2.24, 2.45) is 0 Å². The number of methoxy groups -OCH3 is 1. The van der Waals surface area contributed by atoms with Crippen LogP contribution in [-0.2, 0) is 4.74 Å². The van der Waals surface area contributed by atoms with Crippen molar-refractivity contribution < 1.29 is 9.53 Å². The Labute approximate surface area is 108 Å². The molecule has 0 saturated heterocycles. The van der Waals surface area contributed by atoms with Crippen LogP contribution in [0.15, 0.2) is 0 Å². The van der Waals surface area contributed by atoms with Crippen LogP contribution in [0, 0.1) is 6.92 Å². The zero-order valence-corrected chi connectivity index (χ0v) is 12.1. The van der Waals surface area contributed by atoms with Gasteiger partial charge in [-0.2, -0.15) is 0 Å². The van der Waals surface area contributed by atoms with E-state index in [1.54, 1.807) is 0 Å². The first-order chi connectivity index (χ1) is 7.82. The summed E-state index contributed by atoms with van der Waals surface area (Å²) in [6.07, 6.45) is 0. The van der Waals surface area contributed by atoms with Gasteiger partial charge in [0.05, 0.1) is 17.7 Å². The summed E-state index contributed by atoms with van der Waals surface area (Å²) in [6.45, 7) is 10.2. The summed E-state index contributed by atoms with van der Waals surface area (Å²) < 4.78 is 6.90. The molecule has 17 heavy (non-hydrogen) atoms. The summed E-state index contributed by atoms with van der Waals surface area (Å²) in [5, 5.41) is 0.526. The fourth-order valence-electron chi connectivity index (χ4n) is 2.23. The molecule has 0 unspecified atom stereocenters. The normalized spacial score (nSPS) is 11.4. The molecule has 4 heteroatoms. The largest absolute Gasteiger partial charge is 0.465 e. The lowest BCUT2D eigenvalue weighted by Gasteiger charge is -2.17. The van der Waals surface area contributed by atoms with Gasteiger partial charge >= 0.3 is 5.97 Å². The van der Waals surface area contributed by atoms with Crippen LogP contribution in [0.1, 0.15) is 61.4 Å². The molecule has 0 aliphatic carbocycles. The van der Waals surface area contributed by atoms with Crippen molar-refractivity contribution >= 4 is 17.6 Å². The maximum absolute atomic E-state index is 11.7. The molecule has 1 rings (SSSR count). The number of rotatable bonds is 3. The third-order valence-corrected chi connectivity index (χ3v) is 3.26. The Morgan fingerprint density at radius 3 is 2.12 bits per heavy atom. The van der Waals surface area contributed by atoms with E-state index in [4.69, 9.17) is 16.3 Å². The highest BCUT2D eigenvalue weighted by molar-refractivity contribution is 6.34. The molecule has 1 aromatic heterocycles.